The average molecular weight is 418 g/mol. The van der Waals surface area contributed by atoms with Crippen molar-refractivity contribution >= 4 is 23.6 Å². The third-order valence-corrected chi connectivity index (χ3v) is 3.88. The molecule has 0 fully saturated rings. The predicted octanol–water partition coefficient (Wildman–Crippen LogP) is 2.08. The molecule has 2 N–H and O–H groups in total. The lowest BCUT2D eigenvalue weighted by atomic mass is 10.1. The van der Waals surface area contributed by atoms with E-state index in [9.17, 15) is 9.59 Å². The van der Waals surface area contributed by atoms with Gasteiger partial charge in [-0.3, -0.25) is 9.59 Å². The maximum absolute atomic E-state index is 12.5. The first kappa shape index (κ1) is 21.1. The van der Waals surface area contributed by atoms with Crippen LogP contribution in [0.3, 0.4) is 0 Å². The zero-order chi connectivity index (χ0) is 22.1. The molecule has 1 heterocycles. The van der Waals surface area contributed by atoms with Crippen LogP contribution in [0.2, 0.25) is 0 Å². The molecule has 0 saturated carbocycles. The molecule has 156 valence electrons. The van der Waals surface area contributed by atoms with Gasteiger partial charge in [0.1, 0.15) is 6.11 Å². The summed E-state index contributed by atoms with van der Waals surface area (Å²) in [6.45, 7) is 1.64. The Balaban J connectivity index is 1.77. The van der Waals surface area contributed by atoms with Crippen molar-refractivity contribution in [3.05, 3.63) is 66.0 Å². The van der Waals surface area contributed by atoms with Gasteiger partial charge in [-0.25, -0.2) is 5.43 Å². The van der Waals surface area contributed by atoms with Crippen molar-refractivity contribution in [1.82, 2.24) is 20.3 Å². The highest BCUT2D eigenvalue weighted by Crippen LogP contribution is 2.31. The number of nitrogens with zero attached hydrogens (tertiary/aromatic N) is 4. The molecule has 0 radical (unpaired) electrons. The molecule has 0 spiro atoms. The molecule has 2 aromatic carbocycles. The smallest absolute Gasteiger partial charge is 0.274 e. The second kappa shape index (κ2) is 10.2. The minimum absolute atomic E-state index is 0.227. The number of ether oxygens (including phenoxy) is 2. The summed E-state index contributed by atoms with van der Waals surface area (Å²) in [6, 6.07) is 11.8. The van der Waals surface area contributed by atoms with E-state index in [2.05, 4.69) is 38.2 Å². The Labute approximate surface area is 177 Å². The lowest BCUT2D eigenvalue weighted by molar-refractivity contribution is -0.111. The maximum Gasteiger partial charge on any atom is 0.274 e. The third kappa shape index (κ3) is 5.45. The van der Waals surface area contributed by atoms with Gasteiger partial charge in [-0.2, -0.15) is 0 Å². The molecular formula is C21H18N6O4. The monoisotopic (exact) mass is 418 g/mol. The Morgan fingerprint density at radius 1 is 1.16 bits per heavy atom. The normalized spacial score (nSPS) is 10.1. The molecule has 0 saturated heterocycles. The van der Waals surface area contributed by atoms with E-state index in [0.29, 0.717) is 22.7 Å². The van der Waals surface area contributed by atoms with E-state index in [1.54, 1.807) is 55.5 Å². The third-order valence-electron chi connectivity index (χ3n) is 3.88. The van der Waals surface area contributed by atoms with E-state index >= 15 is 0 Å². The van der Waals surface area contributed by atoms with Crippen LogP contribution >= 0.6 is 0 Å². The molecule has 10 heteroatoms. The van der Waals surface area contributed by atoms with Crippen LogP contribution in [0.15, 0.2) is 54.9 Å². The zero-order valence-electron chi connectivity index (χ0n) is 16.7. The van der Waals surface area contributed by atoms with Gasteiger partial charge >= 0.3 is 0 Å². The number of hydrogen-bond acceptors (Lipinski definition) is 7. The lowest BCUT2D eigenvalue weighted by Crippen LogP contribution is -2.26. The molecule has 0 aliphatic heterocycles. The standard InChI is InChI=1S/C21H18N6O4/c1-3-13-31-20-15(7-6-10-18(20)30-2)11-12-19(28)24-17-9-5-4-8-16(17)21(29)25-27-23-14-22-26-27/h4-12,14H,1-2H3,(H,24,28)(H,25,29)/b12-11+. The summed E-state index contributed by atoms with van der Waals surface area (Å²) in [5, 5.41) is 13.5. The molecule has 1 aromatic heterocycles. The van der Waals surface area contributed by atoms with Gasteiger partial charge in [0.25, 0.3) is 5.91 Å². The molecular weight excluding hydrogens is 400 g/mol. The van der Waals surface area contributed by atoms with Crippen molar-refractivity contribution in [3.8, 4) is 23.5 Å². The number of benzene rings is 2. The second-order valence-corrected chi connectivity index (χ2v) is 5.87. The molecule has 0 bridgehead atoms. The predicted molar refractivity (Wildman–Crippen MR) is 113 cm³/mol. The summed E-state index contributed by atoms with van der Waals surface area (Å²) in [6.07, 6.45) is 6.58. The number of aromatic nitrogens is 4. The molecule has 0 aliphatic carbocycles. The summed E-state index contributed by atoms with van der Waals surface area (Å²) in [5.74, 6) is 2.55. The fourth-order valence-electron chi connectivity index (χ4n) is 2.54. The van der Waals surface area contributed by atoms with E-state index < -0.39 is 11.8 Å². The quantitative estimate of drug-likeness (QED) is 0.445. The lowest BCUT2D eigenvalue weighted by Gasteiger charge is -2.10. The molecule has 0 unspecified atom stereocenters. The SMILES string of the molecule is CC#COc1c(/C=C/C(=O)Nc2ccccc2C(=O)Nn2ncnn2)cccc1OC. The highest BCUT2D eigenvalue weighted by molar-refractivity contribution is 6.09. The van der Waals surface area contributed by atoms with Crippen molar-refractivity contribution in [2.45, 2.75) is 6.92 Å². The minimum Gasteiger partial charge on any atom is -0.493 e. The summed E-state index contributed by atoms with van der Waals surface area (Å²) in [7, 11) is 1.51. The molecule has 2 amide bonds. The van der Waals surface area contributed by atoms with Gasteiger partial charge in [-0.1, -0.05) is 35.1 Å². The minimum atomic E-state index is -0.514. The number of tetrazole rings is 1. The maximum atomic E-state index is 12.5. The second-order valence-electron chi connectivity index (χ2n) is 5.87. The first-order valence-corrected chi connectivity index (χ1v) is 9.00. The fraction of sp³-hybridized carbons (Fsp3) is 0.0952. The van der Waals surface area contributed by atoms with Crippen LogP contribution in [-0.4, -0.2) is 39.2 Å². The zero-order valence-corrected chi connectivity index (χ0v) is 16.7. The first-order valence-electron chi connectivity index (χ1n) is 9.00. The van der Waals surface area contributed by atoms with Crippen molar-refractivity contribution in [2.24, 2.45) is 0 Å². The Morgan fingerprint density at radius 3 is 2.74 bits per heavy atom. The fourth-order valence-corrected chi connectivity index (χ4v) is 2.54. The van der Waals surface area contributed by atoms with E-state index in [0.717, 1.165) is 4.91 Å². The van der Waals surface area contributed by atoms with Gasteiger partial charge in [0.2, 0.25) is 5.91 Å². The Morgan fingerprint density at radius 2 is 2.00 bits per heavy atom. The number of hydrogen-bond donors (Lipinski definition) is 2. The average Bonchev–Trinajstić information content (AvgIpc) is 3.29. The van der Waals surface area contributed by atoms with Gasteiger partial charge in [0.05, 0.1) is 18.4 Å². The molecule has 0 aliphatic rings. The van der Waals surface area contributed by atoms with Crippen LogP contribution in [0, 0.1) is 12.0 Å². The number of carbonyl (C=O) groups excluding carboxylic acids is 2. The molecule has 3 rings (SSSR count). The van der Waals surface area contributed by atoms with Crippen LogP contribution in [0.25, 0.3) is 6.08 Å². The summed E-state index contributed by atoms with van der Waals surface area (Å²) >= 11 is 0. The number of nitrogens with one attached hydrogen (secondary N) is 2. The summed E-state index contributed by atoms with van der Waals surface area (Å²) in [5.41, 5.74) is 3.57. The van der Waals surface area contributed by atoms with E-state index in [1.807, 2.05) is 0 Å². The van der Waals surface area contributed by atoms with Crippen LogP contribution < -0.4 is 20.2 Å². The van der Waals surface area contributed by atoms with Gasteiger partial charge in [0.15, 0.2) is 17.8 Å². The Bertz CT molecular complexity index is 1160. The van der Waals surface area contributed by atoms with Crippen LogP contribution in [0.4, 0.5) is 5.69 Å². The molecule has 3 aromatic rings. The van der Waals surface area contributed by atoms with Gasteiger partial charge in [0, 0.05) is 18.6 Å². The number of rotatable bonds is 7. The number of carbonyl (C=O) groups is 2. The van der Waals surface area contributed by atoms with Crippen molar-refractivity contribution < 1.29 is 19.1 Å². The molecule has 0 atom stereocenters. The number of para-hydroxylation sites is 2. The number of anilines is 1. The van der Waals surface area contributed by atoms with Crippen molar-refractivity contribution in [3.63, 3.8) is 0 Å². The molecule has 31 heavy (non-hydrogen) atoms. The van der Waals surface area contributed by atoms with Crippen LogP contribution in [-0.2, 0) is 4.79 Å². The van der Waals surface area contributed by atoms with E-state index in [-0.39, 0.29) is 5.56 Å². The number of methoxy groups -OCH3 is 1. The van der Waals surface area contributed by atoms with Gasteiger partial charge < -0.3 is 14.8 Å². The highest BCUT2D eigenvalue weighted by Gasteiger charge is 2.14. The largest absolute Gasteiger partial charge is 0.493 e. The van der Waals surface area contributed by atoms with Gasteiger partial charge in [-0.05, 0) is 29.5 Å². The summed E-state index contributed by atoms with van der Waals surface area (Å²) < 4.78 is 10.7. The van der Waals surface area contributed by atoms with E-state index in [4.69, 9.17) is 9.47 Å². The topological polar surface area (TPSA) is 120 Å². The van der Waals surface area contributed by atoms with Gasteiger partial charge in [-0.15, -0.1) is 10.2 Å². The number of amides is 2. The summed E-state index contributed by atoms with van der Waals surface area (Å²) in [4.78, 5) is 25.9. The highest BCUT2D eigenvalue weighted by atomic mass is 16.5. The van der Waals surface area contributed by atoms with Crippen molar-refractivity contribution in [1.29, 1.82) is 0 Å². The van der Waals surface area contributed by atoms with Crippen LogP contribution in [0.5, 0.6) is 11.5 Å². The molecule has 10 nitrogen and oxygen atoms in total. The Kier molecular flexibility index (Phi) is 6.95. The first-order chi connectivity index (χ1) is 15.1. The Hall–Kier alpha value is -4.65. The van der Waals surface area contributed by atoms with Crippen LogP contribution in [0.1, 0.15) is 22.8 Å². The van der Waals surface area contributed by atoms with Crippen molar-refractivity contribution in [2.75, 3.05) is 17.9 Å². The van der Waals surface area contributed by atoms with E-state index in [1.165, 1.54) is 19.5 Å².